The van der Waals surface area contributed by atoms with Crippen molar-refractivity contribution in [2.45, 2.75) is 51.9 Å². The topological polar surface area (TPSA) is 29.3 Å². The van der Waals surface area contributed by atoms with Crippen LogP contribution in [0.25, 0.3) is 0 Å². The summed E-state index contributed by atoms with van der Waals surface area (Å²) in [5, 5.41) is 0. The molecule has 2 N–H and O–H groups in total. The quantitative estimate of drug-likeness (QED) is 0.831. The maximum absolute atomic E-state index is 5.75. The van der Waals surface area contributed by atoms with Crippen LogP contribution < -0.4 is 10.6 Å². The lowest BCUT2D eigenvalue weighted by molar-refractivity contribution is 0.144. The molecule has 1 spiro atoms. The summed E-state index contributed by atoms with van der Waals surface area (Å²) in [5.41, 5.74) is 9.96. The van der Waals surface area contributed by atoms with Crippen molar-refractivity contribution in [3.8, 4) is 0 Å². The minimum atomic E-state index is 0.499. The Hall–Kier alpha value is -1.09. The molecule has 1 saturated carbocycles. The third-order valence-electron chi connectivity index (χ3n) is 5.58. The molecule has 0 unspecified atom stereocenters. The molecule has 21 heavy (non-hydrogen) atoms. The van der Waals surface area contributed by atoms with Crippen molar-refractivity contribution < 1.29 is 0 Å². The summed E-state index contributed by atoms with van der Waals surface area (Å²) in [6, 6.07) is 6.51. The van der Waals surface area contributed by atoms with Gasteiger partial charge >= 0.3 is 0 Å². The first kappa shape index (κ1) is 14.8. The molecule has 0 amide bonds. The molecule has 2 fully saturated rings. The molecular weight excluding hydrogens is 276 g/mol. The third kappa shape index (κ3) is 3.08. The van der Waals surface area contributed by atoms with Crippen molar-refractivity contribution in [1.82, 2.24) is 0 Å². The molecule has 0 bridgehead atoms. The smallest absolute Gasteiger partial charge is 0.104 e. The lowest BCUT2D eigenvalue weighted by Crippen LogP contribution is -2.41. The Labute approximate surface area is 133 Å². The number of nitrogens with zero attached hydrogens (tertiary/aromatic N) is 1. The first-order chi connectivity index (χ1) is 10.1. The monoisotopic (exact) mass is 302 g/mol. The molecule has 114 valence electrons. The summed E-state index contributed by atoms with van der Waals surface area (Å²) >= 11 is 5.09. The van der Waals surface area contributed by atoms with Gasteiger partial charge in [-0.3, -0.25) is 0 Å². The highest BCUT2D eigenvalue weighted by Gasteiger charge is 2.35. The lowest BCUT2D eigenvalue weighted by Gasteiger charge is -2.45. The minimum absolute atomic E-state index is 0.499. The Morgan fingerprint density at radius 2 is 1.76 bits per heavy atom. The van der Waals surface area contributed by atoms with Crippen LogP contribution in [0.3, 0.4) is 0 Å². The SMILES string of the molecule is Cc1cc(N2CCC3(CCCCC3)CC2)ccc1C(N)=S. The number of hydrogen-bond donors (Lipinski definition) is 1. The molecule has 1 aliphatic heterocycles. The van der Waals surface area contributed by atoms with E-state index < -0.39 is 0 Å². The average Bonchev–Trinajstić information content (AvgIpc) is 2.48. The summed E-state index contributed by atoms with van der Waals surface area (Å²) < 4.78 is 0. The number of rotatable bonds is 2. The molecule has 3 heteroatoms. The fourth-order valence-corrected chi connectivity index (χ4v) is 4.39. The van der Waals surface area contributed by atoms with Gasteiger partial charge in [-0.2, -0.15) is 0 Å². The molecule has 1 aromatic carbocycles. The van der Waals surface area contributed by atoms with Crippen LogP contribution in [0.5, 0.6) is 0 Å². The summed E-state index contributed by atoms with van der Waals surface area (Å²) in [5.74, 6) is 0. The Balaban J connectivity index is 1.69. The Kier molecular flexibility index (Phi) is 4.21. The predicted octanol–water partition coefficient (Wildman–Crippen LogP) is 4.18. The van der Waals surface area contributed by atoms with Gasteiger partial charge in [0.05, 0.1) is 0 Å². The summed E-state index contributed by atoms with van der Waals surface area (Å²) in [7, 11) is 0. The number of hydrogen-bond acceptors (Lipinski definition) is 2. The van der Waals surface area contributed by atoms with Crippen molar-refractivity contribution >= 4 is 22.9 Å². The van der Waals surface area contributed by atoms with E-state index in [1.165, 1.54) is 69.3 Å². The van der Waals surface area contributed by atoms with E-state index in [2.05, 4.69) is 30.0 Å². The van der Waals surface area contributed by atoms with Crippen LogP contribution in [0.15, 0.2) is 18.2 Å². The Bertz CT molecular complexity index is 522. The maximum atomic E-state index is 5.75. The van der Waals surface area contributed by atoms with Gasteiger partial charge in [0.2, 0.25) is 0 Å². The van der Waals surface area contributed by atoms with E-state index in [4.69, 9.17) is 18.0 Å². The molecule has 2 nitrogen and oxygen atoms in total. The molecule has 2 aliphatic rings. The van der Waals surface area contributed by atoms with Gasteiger partial charge in [-0.05, 0) is 61.8 Å². The minimum Gasteiger partial charge on any atom is -0.389 e. The van der Waals surface area contributed by atoms with Crippen molar-refractivity contribution in [2.24, 2.45) is 11.1 Å². The Morgan fingerprint density at radius 3 is 2.33 bits per heavy atom. The molecule has 1 saturated heterocycles. The van der Waals surface area contributed by atoms with Gasteiger partial charge in [0.25, 0.3) is 0 Å². The van der Waals surface area contributed by atoms with Gasteiger partial charge in [-0.25, -0.2) is 0 Å². The van der Waals surface area contributed by atoms with E-state index in [1.807, 2.05) is 0 Å². The zero-order valence-electron chi connectivity index (χ0n) is 13.0. The van der Waals surface area contributed by atoms with E-state index in [0.717, 1.165) is 5.56 Å². The average molecular weight is 302 g/mol. The fraction of sp³-hybridized carbons (Fsp3) is 0.611. The highest BCUT2D eigenvalue weighted by molar-refractivity contribution is 7.80. The largest absolute Gasteiger partial charge is 0.389 e. The van der Waals surface area contributed by atoms with Crippen LogP contribution >= 0.6 is 12.2 Å². The fourth-order valence-electron chi connectivity index (χ4n) is 4.16. The van der Waals surface area contributed by atoms with E-state index in [1.54, 1.807) is 0 Å². The standard InChI is InChI=1S/C18H26N2S/c1-14-13-15(5-6-16(14)17(19)21)20-11-9-18(10-12-20)7-3-2-4-8-18/h5-6,13H,2-4,7-12H2,1H3,(H2,19,21). The van der Waals surface area contributed by atoms with Crippen LogP contribution in [0, 0.1) is 12.3 Å². The first-order valence-electron chi connectivity index (χ1n) is 8.25. The van der Waals surface area contributed by atoms with Crippen molar-refractivity contribution in [1.29, 1.82) is 0 Å². The number of nitrogens with two attached hydrogens (primary N) is 1. The normalized spacial score (nSPS) is 21.5. The highest BCUT2D eigenvalue weighted by Crippen LogP contribution is 2.45. The summed E-state index contributed by atoms with van der Waals surface area (Å²) in [4.78, 5) is 3.04. The van der Waals surface area contributed by atoms with E-state index >= 15 is 0 Å². The molecule has 1 heterocycles. The lowest BCUT2D eigenvalue weighted by atomic mass is 9.68. The van der Waals surface area contributed by atoms with Crippen molar-refractivity contribution in [2.75, 3.05) is 18.0 Å². The van der Waals surface area contributed by atoms with Crippen LogP contribution in [0.2, 0.25) is 0 Å². The Morgan fingerprint density at radius 1 is 1.10 bits per heavy atom. The molecule has 0 radical (unpaired) electrons. The number of anilines is 1. The van der Waals surface area contributed by atoms with Gasteiger partial charge in [0, 0.05) is 24.3 Å². The zero-order chi connectivity index (χ0) is 14.9. The highest BCUT2D eigenvalue weighted by atomic mass is 32.1. The molecule has 3 rings (SSSR count). The molecule has 0 atom stereocenters. The number of benzene rings is 1. The second-order valence-corrected chi connectivity index (χ2v) is 7.35. The summed E-state index contributed by atoms with van der Waals surface area (Å²) in [6.07, 6.45) is 9.99. The second-order valence-electron chi connectivity index (χ2n) is 6.91. The molecule has 1 aliphatic carbocycles. The second kappa shape index (κ2) is 5.96. The van der Waals surface area contributed by atoms with Gasteiger partial charge in [0.15, 0.2) is 0 Å². The number of thiocarbonyl (C=S) groups is 1. The summed E-state index contributed by atoms with van der Waals surface area (Å²) in [6.45, 7) is 4.50. The maximum Gasteiger partial charge on any atom is 0.104 e. The van der Waals surface area contributed by atoms with Crippen molar-refractivity contribution in [3.05, 3.63) is 29.3 Å². The van der Waals surface area contributed by atoms with E-state index in [9.17, 15) is 0 Å². The van der Waals surface area contributed by atoms with Crippen molar-refractivity contribution in [3.63, 3.8) is 0 Å². The van der Waals surface area contributed by atoms with E-state index in [0.29, 0.717) is 10.4 Å². The predicted molar refractivity (Wildman–Crippen MR) is 94.0 cm³/mol. The van der Waals surface area contributed by atoms with Crippen LogP contribution in [0.1, 0.15) is 56.1 Å². The molecule has 0 aromatic heterocycles. The van der Waals surface area contributed by atoms with Gasteiger partial charge in [0.1, 0.15) is 4.99 Å². The first-order valence-corrected chi connectivity index (χ1v) is 8.66. The number of aryl methyl sites for hydroxylation is 1. The van der Waals surface area contributed by atoms with Crippen LogP contribution in [-0.2, 0) is 0 Å². The molecular formula is C18H26N2S. The third-order valence-corrected chi connectivity index (χ3v) is 5.80. The zero-order valence-corrected chi connectivity index (χ0v) is 13.8. The van der Waals surface area contributed by atoms with Crippen LogP contribution in [-0.4, -0.2) is 18.1 Å². The van der Waals surface area contributed by atoms with E-state index in [-0.39, 0.29) is 0 Å². The van der Waals surface area contributed by atoms with Gasteiger partial charge in [-0.15, -0.1) is 0 Å². The van der Waals surface area contributed by atoms with Gasteiger partial charge in [-0.1, -0.05) is 31.5 Å². The molecule has 1 aromatic rings. The van der Waals surface area contributed by atoms with Gasteiger partial charge < -0.3 is 10.6 Å². The van der Waals surface area contributed by atoms with Crippen LogP contribution in [0.4, 0.5) is 5.69 Å². The number of piperidine rings is 1.